The summed E-state index contributed by atoms with van der Waals surface area (Å²) in [5, 5.41) is 0. The van der Waals surface area contributed by atoms with Crippen molar-refractivity contribution in [1.29, 1.82) is 0 Å². The van der Waals surface area contributed by atoms with Crippen molar-refractivity contribution in [3.8, 4) is 0 Å². The zero-order chi connectivity index (χ0) is 15.5. The smallest absolute Gasteiger partial charge is 0.00597 e. The van der Waals surface area contributed by atoms with Crippen LogP contribution in [0.15, 0.2) is 24.3 Å². The molecule has 0 aromatic heterocycles. The van der Waals surface area contributed by atoms with Gasteiger partial charge in [-0.2, -0.15) is 0 Å². The summed E-state index contributed by atoms with van der Waals surface area (Å²) < 4.78 is 0. The molecule has 0 bridgehead atoms. The number of hydrogen-bond acceptors (Lipinski definition) is 0. The second-order valence-electron chi connectivity index (χ2n) is 9.37. The van der Waals surface area contributed by atoms with Gasteiger partial charge >= 0.3 is 0 Å². The van der Waals surface area contributed by atoms with Crippen LogP contribution in [0.5, 0.6) is 0 Å². The normalized spacial score (nSPS) is 54.0. The van der Waals surface area contributed by atoms with Crippen LogP contribution >= 0.6 is 0 Å². The lowest BCUT2D eigenvalue weighted by molar-refractivity contribution is -0.0618. The zero-order valence-electron chi connectivity index (χ0n) is 14.9. The molecule has 0 aromatic carbocycles. The van der Waals surface area contributed by atoms with E-state index in [-0.39, 0.29) is 0 Å². The van der Waals surface area contributed by atoms with Gasteiger partial charge in [-0.3, -0.25) is 0 Å². The highest BCUT2D eigenvalue weighted by molar-refractivity contribution is 5.25. The van der Waals surface area contributed by atoms with Crippen molar-refractivity contribution in [2.75, 3.05) is 0 Å². The molecule has 22 heavy (non-hydrogen) atoms. The fraction of sp³-hybridized carbons (Fsp3) is 0.818. The highest BCUT2D eigenvalue weighted by Gasteiger charge is 2.59. The van der Waals surface area contributed by atoms with E-state index in [1.54, 1.807) is 0 Å². The molecule has 0 aromatic rings. The fourth-order valence-corrected chi connectivity index (χ4v) is 7.50. The molecule has 3 fully saturated rings. The molecular weight excluding hydrogens is 264 g/mol. The SMILES string of the molecule is C=C[C@H]1CCC2C3CCC4=CCC[C@@H](C)[C@]4(C)C3CC[C@@]21C. The highest BCUT2D eigenvalue weighted by Crippen LogP contribution is 2.67. The molecule has 0 spiro atoms. The molecular formula is C22H34. The first-order valence-corrected chi connectivity index (χ1v) is 9.84. The Kier molecular flexibility index (Phi) is 3.41. The molecule has 7 atom stereocenters. The maximum atomic E-state index is 4.17. The van der Waals surface area contributed by atoms with Gasteiger partial charge in [0.1, 0.15) is 0 Å². The largest absolute Gasteiger partial charge is 0.103 e. The van der Waals surface area contributed by atoms with Gasteiger partial charge in [0, 0.05) is 0 Å². The number of rotatable bonds is 1. The Hall–Kier alpha value is -0.520. The fourth-order valence-electron chi connectivity index (χ4n) is 7.50. The van der Waals surface area contributed by atoms with Crippen molar-refractivity contribution >= 4 is 0 Å². The van der Waals surface area contributed by atoms with E-state index < -0.39 is 0 Å². The predicted molar refractivity (Wildman–Crippen MR) is 94.6 cm³/mol. The number of fused-ring (bicyclic) bond motifs is 5. The van der Waals surface area contributed by atoms with Gasteiger partial charge in [-0.15, -0.1) is 6.58 Å². The average molecular weight is 299 g/mol. The van der Waals surface area contributed by atoms with Gasteiger partial charge in [-0.1, -0.05) is 38.5 Å². The summed E-state index contributed by atoms with van der Waals surface area (Å²) in [4.78, 5) is 0. The highest BCUT2D eigenvalue weighted by atomic mass is 14.6. The predicted octanol–water partition coefficient (Wildman–Crippen LogP) is 6.39. The molecule has 0 heteroatoms. The molecule has 0 heterocycles. The quantitative estimate of drug-likeness (QED) is 0.492. The third-order valence-electron chi connectivity index (χ3n) is 9.02. The molecule has 0 amide bonds. The Labute approximate surface area is 137 Å². The van der Waals surface area contributed by atoms with E-state index >= 15 is 0 Å². The van der Waals surface area contributed by atoms with Crippen molar-refractivity contribution in [3.63, 3.8) is 0 Å². The van der Waals surface area contributed by atoms with E-state index in [4.69, 9.17) is 0 Å². The minimum Gasteiger partial charge on any atom is -0.103 e. The molecule has 0 aliphatic heterocycles. The van der Waals surface area contributed by atoms with Crippen molar-refractivity contribution in [1.82, 2.24) is 0 Å². The van der Waals surface area contributed by atoms with E-state index in [9.17, 15) is 0 Å². The van der Waals surface area contributed by atoms with Crippen LogP contribution in [0.25, 0.3) is 0 Å². The molecule has 0 nitrogen and oxygen atoms in total. The van der Waals surface area contributed by atoms with Gasteiger partial charge < -0.3 is 0 Å². The average Bonchev–Trinajstić information content (AvgIpc) is 2.85. The van der Waals surface area contributed by atoms with E-state index in [1.165, 1.54) is 51.4 Å². The van der Waals surface area contributed by atoms with Gasteiger partial charge in [-0.25, -0.2) is 0 Å². The molecule has 0 N–H and O–H groups in total. The Morgan fingerprint density at radius 2 is 1.91 bits per heavy atom. The van der Waals surface area contributed by atoms with Crippen molar-refractivity contribution in [2.45, 2.75) is 72.1 Å². The van der Waals surface area contributed by atoms with E-state index in [1.807, 2.05) is 5.57 Å². The number of allylic oxidation sites excluding steroid dienone is 3. The summed E-state index contributed by atoms with van der Waals surface area (Å²) in [5.41, 5.74) is 2.93. The maximum Gasteiger partial charge on any atom is -0.00597 e. The van der Waals surface area contributed by atoms with Gasteiger partial charge in [0.05, 0.1) is 0 Å². The Bertz CT molecular complexity index is 500. The van der Waals surface area contributed by atoms with Crippen molar-refractivity contribution in [2.24, 2.45) is 40.4 Å². The van der Waals surface area contributed by atoms with Gasteiger partial charge in [-0.05, 0) is 91.8 Å². The molecule has 4 aliphatic carbocycles. The lowest BCUT2D eigenvalue weighted by Crippen LogP contribution is -2.52. The van der Waals surface area contributed by atoms with Crippen LogP contribution in [0.3, 0.4) is 0 Å². The minimum atomic E-state index is 0.523. The monoisotopic (exact) mass is 298 g/mol. The van der Waals surface area contributed by atoms with Gasteiger partial charge in [0.15, 0.2) is 0 Å². The molecule has 3 unspecified atom stereocenters. The van der Waals surface area contributed by atoms with Crippen LogP contribution in [-0.2, 0) is 0 Å². The summed E-state index contributed by atoms with van der Waals surface area (Å²) in [5.74, 6) is 4.60. The first-order valence-electron chi connectivity index (χ1n) is 9.84. The third-order valence-corrected chi connectivity index (χ3v) is 9.02. The van der Waals surface area contributed by atoms with Crippen molar-refractivity contribution in [3.05, 3.63) is 24.3 Å². The maximum absolute atomic E-state index is 4.17. The Morgan fingerprint density at radius 1 is 1.09 bits per heavy atom. The number of hydrogen-bond donors (Lipinski definition) is 0. The van der Waals surface area contributed by atoms with E-state index in [2.05, 4.69) is 39.5 Å². The zero-order valence-corrected chi connectivity index (χ0v) is 14.9. The van der Waals surface area contributed by atoms with Gasteiger partial charge in [0.2, 0.25) is 0 Å². The van der Waals surface area contributed by atoms with E-state index in [0.29, 0.717) is 10.8 Å². The molecule has 0 saturated heterocycles. The molecule has 0 radical (unpaired) electrons. The first kappa shape index (κ1) is 15.0. The summed E-state index contributed by atoms with van der Waals surface area (Å²) in [6.07, 6.45) is 16.3. The summed E-state index contributed by atoms with van der Waals surface area (Å²) in [6, 6.07) is 0. The second-order valence-corrected chi connectivity index (χ2v) is 9.37. The first-order chi connectivity index (χ1) is 10.5. The standard InChI is InChI=1S/C22H34/c1-5-16-10-12-19-18-11-9-17-8-6-7-15(2)22(17,4)20(18)13-14-21(16,19)3/h5,8,15-16,18-20H,1,6-7,9-14H2,2-4H3/t15-,16+,18?,19?,20?,21-,22+/m1/s1. The molecule has 122 valence electrons. The third kappa shape index (κ3) is 1.76. The van der Waals surface area contributed by atoms with Crippen LogP contribution in [0.2, 0.25) is 0 Å². The van der Waals surface area contributed by atoms with Crippen molar-refractivity contribution < 1.29 is 0 Å². The van der Waals surface area contributed by atoms with Crippen LogP contribution in [-0.4, -0.2) is 0 Å². The summed E-state index contributed by atoms with van der Waals surface area (Å²) >= 11 is 0. The lowest BCUT2D eigenvalue weighted by Gasteiger charge is -2.60. The van der Waals surface area contributed by atoms with Gasteiger partial charge in [0.25, 0.3) is 0 Å². The van der Waals surface area contributed by atoms with Crippen LogP contribution in [0, 0.1) is 40.4 Å². The van der Waals surface area contributed by atoms with Crippen LogP contribution in [0.1, 0.15) is 72.1 Å². The lowest BCUT2D eigenvalue weighted by atomic mass is 9.45. The summed E-state index contributed by atoms with van der Waals surface area (Å²) in [7, 11) is 0. The van der Waals surface area contributed by atoms with Crippen LogP contribution < -0.4 is 0 Å². The second kappa shape index (κ2) is 4.99. The molecule has 4 rings (SSSR count). The summed E-state index contributed by atoms with van der Waals surface area (Å²) in [6.45, 7) is 12.0. The van der Waals surface area contributed by atoms with Crippen LogP contribution in [0.4, 0.5) is 0 Å². The molecule has 3 saturated carbocycles. The Morgan fingerprint density at radius 3 is 2.68 bits per heavy atom. The molecule has 4 aliphatic rings. The minimum absolute atomic E-state index is 0.523. The Balaban J connectivity index is 1.70. The topological polar surface area (TPSA) is 0 Å². The van der Waals surface area contributed by atoms with E-state index in [0.717, 1.165) is 29.6 Å².